The fourth-order valence-corrected chi connectivity index (χ4v) is 4.07. The second-order valence-electron chi connectivity index (χ2n) is 7.54. The van der Waals surface area contributed by atoms with Crippen LogP contribution in [0.25, 0.3) is 16.8 Å². The molecule has 0 radical (unpaired) electrons. The third kappa shape index (κ3) is 4.99. The molecule has 11 heteroatoms. The van der Waals surface area contributed by atoms with Crippen molar-refractivity contribution in [2.24, 2.45) is 12.2 Å². The molecule has 2 N–H and O–H groups in total. The molecular formula is C22H20F3N5O2S. The zero-order valence-corrected chi connectivity index (χ0v) is 18.3. The summed E-state index contributed by atoms with van der Waals surface area (Å²) in [5, 5.41) is 13.9. The Morgan fingerprint density at radius 2 is 1.70 bits per heavy atom. The summed E-state index contributed by atoms with van der Waals surface area (Å²) in [6.07, 6.45) is 1.71. The van der Waals surface area contributed by atoms with Gasteiger partial charge in [-0.2, -0.15) is 23.4 Å². The number of aromatic nitrogens is 4. The standard InChI is InChI=1S/C22H20F3N5O2S/c1-29-20(10-7-15-5-8-18(9-6-15)22(23,24)25)21(13-27-29)30-14-17(12-28-30)16-3-2-4-19(11-16)33(26,31)32/h2-6,8-9,11-14H,7,10H2,1H3,(H2,26,31,32). The average molecular weight is 475 g/mol. The lowest BCUT2D eigenvalue weighted by atomic mass is 10.1. The van der Waals surface area contributed by atoms with Crippen LogP contribution in [0.2, 0.25) is 0 Å². The summed E-state index contributed by atoms with van der Waals surface area (Å²) >= 11 is 0. The van der Waals surface area contributed by atoms with Crippen molar-refractivity contribution in [2.75, 3.05) is 0 Å². The Balaban J connectivity index is 1.56. The Morgan fingerprint density at radius 1 is 0.970 bits per heavy atom. The maximum atomic E-state index is 12.8. The topological polar surface area (TPSA) is 95.8 Å². The molecule has 0 aliphatic rings. The van der Waals surface area contributed by atoms with E-state index in [1.165, 1.54) is 24.3 Å². The highest BCUT2D eigenvalue weighted by Crippen LogP contribution is 2.29. The van der Waals surface area contributed by atoms with Gasteiger partial charge in [-0.15, -0.1) is 0 Å². The molecule has 2 aromatic carbocycles. The molecule has 0 unspecified atom stereocenters. The summed E-state index contributed by atoms with van der Waals surface area (Å²) in [6.45, 7) is 0. The minimum atomic E-state index is -4.36. The van der Waals surface area contributed by atoms with Crippen LogP contribution in [0.3, 0.4) is 0 Å². The normalized spacial score (nSPS) is 12.3. The van der Waals surface area contributed by atoms with E-state index in [2.05, 4.69) is 10.2 Å². The molecule has 33 heavy (non-hydrogen) atoms. The number of halogens is 3. The van der Waals surface area contributed by atoms with Gasteiger partial charge in [0.15, 0.2) is 0 Å². The maximum absolute atomic E-state index is 12.8. The van der Waals surface area contributed by atoms with Gasteiger partial charge in [-0.1, -0.05) is 24.3 Å². The van der Waals surface area contributed by atoms with Crippen LogP contribution in [-0.2, 0) is 36.1 Å². The molecule has 0 spiro atoms. The highest BCUT2D eigenvalue weighted by atomic mass is 32.2. The molecule has 7 nitrogen and oxygen atoms in total. The number of hydrogen-bond donors (Lipinski definition) is 1. The van der Waals surface area contributed by atoms with Crippen molar-refractivity contribution >= 4 is 10.0 Å². The number of rotatable bonds is 6. The van der Waals surface area contributed by atoms with Crippen molar-refractivity contribution < 1.29 is 21.6 Å². The minimum absolute atomic E-state index is 0.00589. The number of nitrogens with two attached hydrogens (primary N) is 1. The van der Waals surface area contributed by atoms with Crippen LogP contribution >= 0.6 is 0 Å². The molecule has 2 heterocycles. The number of primary sulfonamides is 1. The zero-order valence-electron chi connectivity index (χ0n) is 17.5. The Labute approximate surface area is 188 Å². The fourth-order valence-electron chi connectivity index (χ4n) is 3.51. The minimum Gasteiger partial charge on any atom is -0.270 e. The van der Waals surface area contributed by atoms with Crippen LogP contribution in [-0.4, -0.2) is 28.0 Å². The van der Waals surface area contributed by atoms with E-state index < -0.39 is 21.8 Å². The zero-order chi connectivity index (χ0) is 23.8. The SMILES string of the molecule is Cn1ncc(-n2cc(-c3cccc(S(N)(=O)=O)c3)cn2)c1CCc1ccc(C(F)(F)F)cc1. The Kier molecular flexibility index (Phi) is 5.85. The average Bonchev–Trinajstić information content (AvgIpc) is 3.38. The first-order valence-corrected chi connectivity index (χ1v) is 11.4. The summed E-state index contributed by atoms with van der Waals surface area (Å²) in [6, 6.07) is 11.4. The molecular weight excluding hydrogens is 455 g/mol. The molecule has 0 saturated heterocycles. The van der Waals surface area contributed by atoms with E-state index in [0.717, 1.165) is 29.1 Å². The van der Waals surface area contributed by atoms with Gasteiger partial charge in [0.2, 0.25) is 10.0 Å². The van der Waals surface area contributed by atoms with E-state index in [-0.39, 0.29) is 4.90 Å². The molecule has 0 aliphatic carbocycles. The van der Waals surface area contributed by atoms with Gasteiger partial charge in [-0.3, -0.25) is 4.68 Å². The summed E-state index contributed by atoms with van der Waals surface area (Å²) in [7, 11) is -2.05. The van der Waals surface area contributed by atoms with E-state index in [1.807, 2.05) is 0 Å². The van der Waals surface area contributed by atoms with Gasteiger partial charge in [0.1, 0.15) is 5.69 Å². The Morgan fingerprint density at radius 3 is 2.36 bits per heavy atom. The number of benzene rings is 2. The molecule has 0 aliphatic heterocycles. The van der Waals surface area contributed by atoms with E-state index >= 15 is 0 Å². The summed E-state index contributed by atoms with van der Waals surface area (Å²) in [5.74, 6) is 0. The first-order chi connectivity index (χ1) is 15.5. The molecule has 0 atom stereocenters. The van der Waals surface area contributed by atoms with E-state index in [4.69, 9.17) is 5.14 Å². The molecule has 0 amide bonds. The summed E-state index contributed by atoms with van der Waals surface area (Å²) in [4.78, 5) is 0.00589. The monoisotopic (exact) mass is 475 g/mol. The van der Waals surface area contributed by atoms with Crippen LogP contribution in [0.5, 0.6) is 0 Å². The van der Waals surface area contributed by atoms with E-state index in [1.54, 1.807) is 47.1 Å². The maximum Gasteiger partial charge on any atom is 0.416 e. The van der Waals surface area contributed by atoms with Crippen molar-refractivity contribution in [1.82, 2.24) is 19.6 Å². The van der Waals surface area contributed by atoms with Crippen molar-refractivity contribution in [3.05, 3.63) is 83.9 Å². The van der Waals surface area contributed by atoms with E-state index in [0.29, 0.717) is 24.0 Å². The predicted molar refractivity (Wildman–Crippen MR) is 116 cm³/mol. The second-order valence-corrected chi connectivity index (χ2v) is 9.10. The van der Waals surface area contributed by atoms with Crippen LogP contribution < -0.4 is 5.14 Å². The van der Waals surface area contributed by atoms with Crippen LogP contribution in [0.4, 0.5) is 13.2 Å². The van der Waals surface area contributed by atoms with Gasteiger partial charge < -0.3 is 0 Å². The van der Waals surface area contributed by atoms with Crippen molar-refractivity contribution in [2.45, 2.75) is 23.9 Å². The highest BCUT2D eigenvalue weighted by Gasteiger charge is 2.29. The van der Waals surface area contributed by atoms with Gasteiger partial charge in [0.25, 0.3) is 0 Å². The van der Waals surface area contributed by atoms with Gasteiger partial charge in [0, 0.05) is 18.8 Å². The third-order valence-corrected chi connectivity index (χ3v) is 6.21. The molecule has 0 saturated carbocycles. The Bertz CT molecular complexity index is 1390. The van der Waals surface area contributed by atoms with Gasteiger partial charge in [0.05, 0.1) is 28.5 Å². The first-order valence-electron chi connectivity index (χ1n) is 9.87. The quantitative estimate of drug-likeness (QED) is 0.460. The number of sulfonamides is 1. The molecule has 4 rings (SSSR count). The smallest absolute Gasteiger partial charge is 0.270 e. The van der Waals surface area contributed by atoms with Gasteiger partial charge >= 0.3 is 6.18 Å². The lowest BCUT2D eigenvalue weighted by molar-refractivity contribution is -0.137. The molecule has 0 bridgehead atoms. The lowest BCUT2D eigenvalue weighted by Gasteiger charge is -2.09. The second kappa shape index (κ2) is 8.49. The Hall–Kier alpha value is -3.44. The molecule has 4 aromatic rings. The fraction of sp³-hybridized carbons (Fsp3) is 0.182. The first kappa shape index (κ1) is 22.7. The van der Waals surface area contributed by atoms with Crippen LogP contribution in [0.1, 0.15) is 16.8 Å². The number of nitrogens with zero attached hydrogens (tertiary/aromatic N) is 4. The number of alkyl halides is 3. The largest absolute Gasteiger partial charge is 0.416 e. The third-order valence-electron chi connectivity index (χ3n) is 5.30. The van der Waals surface area contributed by atoms with Crippen molar-refractivity contribution in [1.29, 1.82) is 0 Å². The predicted octanol–water partition coefficient (Wildman–Crippen LogP) is 3.72. The highest BCUT2D eigenvalue weighted by molar-refractivity contribution is 7.89. The van der Waals surface area contributed by atoms with E-state index in [9.17, 15) is 21.6 Å². The molecule has 0 fully saturated rings. The summed E-state index contributed by atoms with van der Waals surface area (Å²) < 4.78 is 64.9. The molecule has 2 aromatic heterocycles. The number of hydrogen-bond acceptors (Lipinski definition) is 4. The van der Waals surface area contributed by atoms with Crippen LogP contribution in [0.15, 0.2) is 72.0 Å². The van der Waals surface area contributed by atoms with Crippen molar-refractivity contribution in [3.8, 4) is 16.8 Å². The van der Waals surface area contributed by atoms with Crippen LogP contribution in [0, 0.1) is 0 Å². The van der Waals surface area contributed by atoms with Gasteiger partial charge in [-0.05, 0) is 48.2 Å². The lowest BCUT2D eigenvalue weighted by Crippen LogP contribution is -2.11. The summed E-state index contributed by atoms with van der Waals surface area (Å²) in [5.41, 5.74) is 3.00. The molecule has 172 valence electrons. The van der Waals surface area contributed by atoms with Crippen molar-refractivity contribution in [3.63, 3.8) is 0 Å². The van der Waals surface area contributed by atoms with Gasteiger partial charge in [-0.25, -0.2) is 18.2 Å². The number of aryl methyl sites for hydroxylation is 2.